The van der Waals surface area contributed by atoms with Gasteiger partial charge in [-0.3, -0.25) is 4.79 Å². The average molecular weight is 296 g/mol. The Morgan fingerprint density at radius 3 is 2.25 bits per heavy atom. The summed E-state index contributed by atoms with van der Waals surface area (Å²) in [5, 5.41) is 0.189. The van der Waals surface area contributed by atoms with Crippen molar-refractivity contribution < 1.29 is 14.0 Å². The molecule has 2 bridgehead atoms. The SMILES string of the molecule is CC(C)(C)[Si](C)(C)OCC1C2CC[C@H](C2=O)[C@@H]1CC=O. The highest BCUT2D eigenvalue weighted by atomic mass is 28.4. The molecule has 2 unspecified atom stereocenters. The molecule has 4 heteroatoms. The molecule has 2 aliphatic rings. The van der Waals surface area contributed by atoms with Crippen molar-refractivity contribution in [3.05, 3.63) is 0 Å². The average Bonchev–Trinajstić information content (AvgIpc) is 2.80. The monoisotopic (exact) mass is 296 g/mol. The van der Waals surface area contributed by atoms with E-state index in [-0.39, 0.29) is 28.7 Å². The second-order valence-corrected chi connectivity index (χ2v) is 12.8. The molecule has 114 valence electrons. The number of rotatable bonds is 5. The number of aldehydes is 1. The van der Waals surface area contributed by atoms with E-state index < -0.39 is 8.32 Å². The number of Topliss-reactive ketones (excluding diaryl/α,β-unsaturated/α-hetero) is 1. The maximum Gasteiger partial charge on any atom is 0.191 e. The quantitative estimate of drug-likeness (QED) is 0.576. The van der Waals surface area contributed by atoms with E-state index in [0.29, 0.717) is 18.8 Å². The lowest BCUT2D eigenvalue weighted by Gasteiger charge is -2.39. The largest absolute Gasteiger partial charge is 0.417 e. The van der Waals surface area contributed by atoms with E-state index >= 15 is 0 Å². The van der Waals surface area contributed by atoms with Gasteiger partial charge in [-0.25, -0.2) is 0 Å². The summed E-state index contributed by atoms with van der Waals surface area (Å²) >= 11 is 0. The van der Waals surface area contributed by atoms with Gasteiger partial charge >= 0.3 is 0 Å². The molecule has 3 nitrogen and oxygen atoms in total. The second-order valence-electron chi connectivity index (χ2n) is 7.99. The summed E-state index contributed by atoms with van der Waals surface area (Å²) in [4.78, 5) is 23.1. The Labute approximate surface area is 123 Å². The zero-order valence-electron chi connectivity index (χ0n) is 13.4. The van der Waals surface area contributed by atoms with Gasteiger partial charge in [-0.1, -0.05) is 20.8 Å². The normalized spacial score (nSPS) is 33.8. The molecule has 0 aromatic carbocycles. The van der Waals surface area contributed by atoms with E-state index in [0.717, 1.165) is 19.1 Å². The first-order valence-electron chi connectivity index (χ1n) is 7.80. The van der Waals surface area contributed by atoms with Crippen molar-refractivity contribution in [1.82, 2.24) is 0 Å². The Morgan fingerprint density at radius 1 is 1.20 bits per heavy atom. The Morgan fingerprint density at radius 2 is 1.75 bits per heavy atom. The Hall–Kier alpha value is -0.483. The van der Waals surface area contributed by atoms with Crippen molar-refractivity contribution in [2.45, 2.75) is 58.2 Å². The van der Waals surface area contributed by atoms with Crippen LogP contribution in [0.1, 0.15) is 40.0 Å². The molecule has 0 aromatic heterocycles. The van der Waals surface area contributed by atoms with E-state index in [2.05, 4.69) is 33.9 Å². The molecule has 0 heterocycles. The van der Waals surface area contributed by atoms with Crippen LogP contribution >= 0.6 is 0 Å². The minimum absolute atomic E-state index is 0.137. The zero-order chi connectivity index (χ0) is 15.1. The molecule has 0 saturated heterocycles. The fourth-order valence-electron chi connectivity index (χ4n) is 3.58. The van der Waals surface area contributed by atoms with Gasteiger partial charge in [0, 0.05) is 24.9 Å². The maximum atomic E-state index is 12.2. The highest BCUT2D eigenvalue weighted by molar-refractivity contribution is 6.74. The molecular formula is C16H28O3Si. The Kier molecular flexibility index (Phi) is 4.27. The minimum Gasteiger partial charge on any atom is -0.417 e. The Balaban J connectivity index is 2.05. The predicted molar refractivity (Wildman–Crippen MR) is 82.0 cm³/mol. The standard InChI is InChI=1S/C16H28O3Si/c1-16(2,3)20(4,5)19-10-14-11(8-9-17)12-6-7-13(14)15(12)18/h9,11-14H,6-8,10H2,1-5H3/t11-,12-,13?,14?/m0/s1. The summed E-state index contributed by atoms with van der Waals surface area (Å²) in [6.45, 7) is 11.9. The van der Waals surface area contributed by atoms with Crippen LogP contribution in [0.15, 0.2) is 0 Å². The van der Waals surface area contributed by atoms with Crippen LogP contribution in [0.25, 0.3) is 0 Å². The van der Waals surface area contributed by atoms with Gasteiger partial charge in [-0.15, -0.1) is 0 Å². The molecule has 4 atom stereocenters. The van der Waals surface area contributed by atoms with E-state index in [1.165, 1.54) is 0 Å². The van der Waals surface area contributed by atoms with Gasteiger partial charge in [-0.05, 0) is 42.8 Å². The molecule has 2 saturated carbocycles. The van der Waals surface area contributed by atoms with Crippen LogP contribution < -0.4 is 0 Å². The van der Waals surface area contributed by atoms with Crippen molar-refractivity contribution in [3.8, 4) is 0 Å². The van der Waals surface area contributed by atoms with Gasteiger partial charge in [0.1, 0.15) is 12.1 Å². The molecule has 0 N–H and O–H groups in total. The molecule has 2 aliphatic carbocycles. The zero-order valence-corrected chi connectivity index (χ0v) is 14.4. The summed E-state index contributed by atoms with van der Waals surface area (Å²) in [6.07, 6.45) is 3.50. The van der Waals surface area contributed by atoms with Crippen LogP contribution in [0.4, 0.5) is 0 Å². The first kappa shape index (κ1) is 15.9. The topological polar surface area (TPSA) is 43.4 Å². The summed E-state index contributed by atoms with van der Waals surface area (Å²) in [7, 11) is -1.77. The second kappa shape index (κ2) is 5.37. The van der Waals surface area contributed by atoms with Crippen LogP contribution in [-0.4, -0.2) is 27.0 Å². The third-order valence-electron chi connectivity index (χ3n) is 5.91. The highest BCUT2D eigenvalue weighted by Crippen LogP contribution is 2.51. The third kappa shape index (κ3) is 2.64. The van der Waals surface area contributed by atoms with Crippen molar-refractivity contribution in [2.75, 3.05) is 6.61 Å². The van der Waals surface area contributed by atoms with Crippen LogP contribution in [-0.2, 0) is 14.0 Å². The smallest absolute Gasteiger partial charge is 0.191 e. The number of hydrogen-bond acceptors (Lipinski definition) is 3. The van der Waals surface area contributed by atoms with Crippen LogP contribution in [0.5, 0.6) is 0 Å². The van der Waals surface area contributed by atoms with E-state index in [9.17, 15) is 9.59 Å². The minimum atomic E-state index is -1.77. The van der Waals surface area contributed by atoms with Crippen LogP contribution in [0, 0.1) is 23.7 Å². The number of ketones is 1. The van der Waals surface area contributed by atoms with Crippen LogP contribution in [0.2, 0.25) is 18.1 Å². The van der Waals surface area contributed by atoms with Crippen molar-refractivity contribution >= 4 is 20.4 Å². The molecule has 2 fully saturated rings. The lowest BCUT2D eigenvalue weighted by atomic mass is 9.78. The lowest BCUT2D eigenvalue weighted by molar-refractivity contribution is -0.122. The number of hydrogen-bond donors (Lipinski definition) is 0. The van der Waals surface area contributed by atoms with Crippen molar-refractivity contribution in [3.63, 3.8) is 0 Å². The first-order chi connectivity index (χ1) is 9.19. The van der Waals surface area contributed by atoms with E-state index in [1.807, 2.05) is 0 Å². The molecule has 0 spiro atoms. The fourth-order valence-corrected chi connectivity index (χ4v) is 4.62. The maximum absolute atomic E-state index is 12.2. The molecule has 2 rings (SSSR count). The summed E-state index contributed by atoms with van der Waals surface area (Å²) in [5.41, 5.74) is 0. The van der Waals surface area contributed by atoms with Gasteiger partial charge in [0.25, 0.3) is 0 Å². The lowest BCUT2D eigenvalue weighted by Crippen LogP contribution is -2.43. The molecule has 0 radical (unpaired) electrons. The molecule has 20 heavy (non-hydrogen) atoms. The summed E-state index contributed by atoms with van der Waals surface area (Å²) < 4.78 is 6.33. The van der Waals surface area contributed by atoms with Gasteiger partial charge < -0.3 is 9.22 Å². The van der Waals surface area contributed by atoms with Crippen LogP contribution in [0.3, 0.4) is 0 Å². The van der Waals surface area contributed by atoms with Gasteiger partial charge in [-0.2, -0.15) is 0 Å². The van der Waals surface area contributed by atoms with Crippen molar-refractivity contribution in [2.24, 2.45) is 23.7 Å². The number of carbonyl (C=O) groups is 2. The molecular weight excluding hydrogens is 268 g/mol. The third-order valence-corrected chi connectivity index (χ3v) is 10.4. The van der Waals surface area contributed by atoms with E-state index in [4.69, 9.17) is 4.43 Å². The van der Waals surface area contributed by atoms with Gasteiger partial charge in [0.2, 0.25) is 0 Å². The number of carbonyl (C=O) groups excluding carboxylic acids is 2. The van der Waals surface area contributed by atoms with E-state index in [1.54, 1.807) is 0 Å². The highest BCUT2D eigenvalue weighted by Gasteiger charge is 2.54. The molecule has 0 aromatic rings. The summed E-state index contributed by atoms with van der Waals surface area (Å²) in [5.74, 6) is 1.22. The molecule has 0 amide bonds. The van der Waals surface area contributed by atoms with Crippen molar-refractivity contribution in [1.29, 1.82) is 0 Å². The fraction of sp³-hybridized carbons (Fsp3) is 0.875. The number of fused-ring (bicyclic) bond motifs is 2. The Bertz CT molecular complexity index is 397. The summed E-state index contributed by atoms with van der Waals surface area (Å²) in [6, 6.07) is 0. The molecule has 0 aliphatic heterocycles. The first-order valence-corrected chi connectivity index (χ1v) is 10.7. The predicted octanol–water partition coefficient (Wildman–Crippen LogP) is 3.44. The van der Waals surface area contributed by atoms with Gasteiger partial charge in [0.05, 0.1) is 0 Å². The van der Waals surface area contributed by atoms with Gasteiger partial charge in [0.15, 0.2) is 8.32 Å².